The minimum Gasteiger partial charge on any atom is -0.461 e. The van der Waals surface area contributed by atoms with Crippen LogP contribution in [0.5, 0.6) is 0 Å². The molecule has 1 fully saturated rings. The summed E-state index contributed by atoms with van der Waals surface area (Å²) < 4.78 is 4.96. The fraction of sp³-hybridized carbons (Fsp3) is 0.857. The molecule has 1 aliphatic heterocycles. The van der Waals surface area contributed by atoms with Crippen molar-refractivity contribution < 1.29 is 9.53 Å². The molecule has 0 aromatic carbocycles. The minimum absolute atomic E-state index is 0.0370. The first-order valence-electron chi connectivity index (χ1n) is 3.51. The second kappa shape index (κ2) is 2.79. The van der Waals surface area contributed by atoms with Gasteiger partial charge in [0.2, 0.25) is 0 Å². The van der Waals surface area contributed by atoms with Crippen LogP contribution in [0.3, 0.4) is 0 Å². The summed E-state index contributed by atoms with van der Waals surface area (Å²) in [6.45, 7) is 3.93. The van der Waals surface area contributed by atoms with Crippen molar-refractivity contribution in [2.45, 2.75) is 31.7 Å². The Morgan fingerprint density at radius 2 is 2.30 bits per heavy atom. The summed E-state index contributed by atoms with van der Waals surface area (Å²) in [5, 5.41) is -0.426. The van der Waals surface area contributed by atoms with Crippen LogP contribution < -0.4 is 0 Å². The van der Waals surface area contributed by atoms with Crippen LogP contribution in [0.2, 0.25) is 0 Å². The predicted octanol–water partition coefficient (Wildman–Crippen LogP) is 1.57. The highest BCUT2D eigenvalue weighted by Crippen LogP contribution is 2.28. The zero-order chi connectivity index (χ0) is 7.72. The van der Waals surface area contributed by atoms with E-state index in [4.69, 9.17) is 16.3 Å². The lowest BCUT2D eigenvalue weighted by atomic mass is 10.0. The highest BCUT2D eigenvalue weighted by molar-refractivity contribution is 6.30. The summed E-state index contributed by atoms with van der Waals surface area (Å²) in [4.78, 5) is 10.8. The van der Waals surface area contributed by atoms with Gasteiger partial charge in [0.15, 0.2) is 0 Å². The Morgan fingerprint density at radius 3 is 2.50 bits per heavy atom. The second-order valence-corrected chi connectivity index (χ2v) is 3.11. The third-order valence-electron chi connectivity index (χ3n) is 1.94. The SMILES string of the molecule is CC[C@H]1OC(=O)[C@@H](Cl)[C@@H]1C. The first kappa shape index (κ1) is 7.86. The van der Waals surface area contributed by atoms with Crippen LogP contribution in [-0.4, -0.2) is 17.5 Å². The zero-order valence-corrected chi connectivity index (χ0v) is 6.89. The van der Waals surface area contributed by atoms with Crippen LogP contribution in [-0.2, 0) is 9.53 Å². The fourth-order valence-electron chi connectivity index (χ4n) is 1.18. The molecule has 3 heteroatoms. The molecule has 1 aliphatic rings. The quantitative estimate of drug-likeness (QED) is 0.432. The topological polar surface area (TPSA) is 26.3 Å². The van der Waals surface area contributed by atoms with Crippen molar-refractivity contribution in [3.05, 3.63) is 0 Å². The Morgan fingerprint density at radius 1 is 1.70 bits per heavy atom. The maximum absolute atomic E-state index is 10.8. The summed E-state index contributed by atoms with van der Waals surface area (Å²) in [6.07, 6.45) is 0.894. The van der Waals surface area contributed by atoms with Gasteiger partial charge in [-0.25, -0.2) is 0 Å². The van der Waals surface area contributed by atoms with E-state index in [0.717, 1.165) is 6.42 Å². The van der Waals surface area contributed by atoms with E-state index in [0.29, 0.717) is 0 Å². The molecule has 0 aromatic heterocycles. The molecule has 3 atom stereocenters. The molecule has 2 nitrogen and oxygen atoms in total. The highest BCUT2D eigenvalue weighted by Gasteiger charge is 2.39. The zero-order valence-electron chi connectivity index (χ0n) is 6.13. The summed E-state index contributed by atoms with van der Waals surface area (Å²) in [5.41, 5.74) is 0. The molecule has 0 bridgehead atoms. The molecule has 0 spiro atoms. The average molecular weight is 163 g/mol. The van der Waals surface area contributed by atoms with Crippen molar-refractivity contribution in [2.75, 3.05) is 0 Å². The number of hydrogen-bond acceptors (Lipinski definition) is 2. The highest BCUT2D eigenvalue weighted by atomic mass is 35.5. The molecule has 1 heterocycles. The van der Waals surface area contributed by atoms with Gasteiger partial charge in [0.25, 0.3) is 0 Å². The van der Waals surface area contributed by atoms with Gasteiger partial charge in [-0.1, -0.05) is 13.8 Å². The molecular weight excluding hydrogens is 152 g/mol. The van der Waals surface area contributed by atoms with Gasteiger partial charge in [-0.2, -0.15) is 0 Å². The Bertz CT molecular complexity index is 147. The molecule has 0 aliphatic carbocycles. The molecule has 1 saturated heterocycles. The average Bonchev–Trinajstić information content (AvgIpc) is 2.17. The van der Waals surface area contributed by atoms with Crippen molar-refractivity contribution >= 4 is 17.6 Å². The lowest BCUT2D eigenvalue weighted by molar-refractivity contribution is -0.141. The molecular formula is C7H11ClO2. The number of alkyl halides is 1. The van der Waals surface area contributed by atoms with E-state index < -0.39 is 5.38 Å². The smallest absolute Gasteiger partial charge is 0.324 e. The van der Waals surface area contributed by atoms with E-state index in [2.05, 4.69) is 0 Å². The van der Waals surface area contributed by atoms with Crippen LogP contribution in [0.4, 0.5) is 0 Å². The molecule has 0 radical (unpaired) electrons. The van der Waals surface area contributed by atoms with E-state index in [-0.39, 0.29) is 18.0 Å². The summed E-state index contributed by atoms with van der Waals surface area (Å²) in [6, 6.07) is 0. The maximum atomic E-state index is 10.8. The normalized spacial score (nSPS) is 39.9. The monoisotopic (exact) mass is 162 g/mol. The van der Waals surface area contributed by atoms with Crippen molar-refractivity contribution in [1.29, 1.82) is 0 Å². The summed E-state index contributed by atoms with van der Waals surface area (Å²) >= 11 is 5.71. The Balaban J connectivity index is 2.61. The molecule has 0 amide bonds. The van der Waals surface area contributed by atoms with Crippen molar-refractivity contribution in [2.24, 2.45) is 5.92 Å². The Hall–Kier alpha value is -0.240. The third-order valence-corrected chi connectivity index (χ3v) is 2.52. The van der Waals surface area contributed by atoms with Crippen molar-refractivity contribution in [1.82, 2.24) is 0 Å². The summed E-state index contributed by atoms with van der Waals surface area (Å²) in [5.74, 6) is -0.0971. The molecule has 10 heavy (non-hydrogen) atoms. The number of carbonyl (C=O) groups is 1. The molecule has 0 aromatic rings. The van der Waals surface area contributed by atoms with Crippen LogP contribution in [0.15, 0.2) is 0 Å². The maximum Gasteiger partial charge on any atom is 0.324 e. The van der Waals surface area contributed by atoms with E-state index in [1.807, 2.05) is 13.8 Å². The van der Waals surface area contributed by atoms with Gasteiger partial charge in [-0.05, 0) is 6.42 Å². The molecule has 0 unspecified atom stereocenters. The second-order valence-electron chi connectivity index (χ2n) is 2.64. The van der Waals surface area contributed by atoms with Crippen molar-refractivity contribution in [3.63, 3.8) is 0 Å². The number of ether oxygens (including phenoxy) is 1. The van der Waals surface area contributed by atoms with E-state index >= 15 is 0 Å². The first-order chi connectivity index (χ1) is 4.66. The van der Waals surface area contributed by atoms with Gasteiger partial charge < -0.3 is 4.74 Å². The molecule has 0 N–H and O–H groups in total. The largest absolute Gasteiger partial charge is 0.461 e. The van der Waals surface area contributed by atoms with Crippen LogP contribution in [0, 0.1) is 5.92 Å². The summed E-state index contributed by atoms with van der Waals surface area (Å²) in [7, 11) is 0. The predicted molar refractivity (Wildman–Crippen MR) is 39.0 cm³/mol. The van der Waals surface area contributed by atoms with Crippen LogP contribution in [0.25, 0.3) is 0 Å². The van der Waals surface area contributed by atoms with E-state index in [1.54, 1.807) is 0 Å². The van der Waals surface area contributed by atoms with Gasteiger partial charge in [0.05, 0.1) is 0 Å². The van der Waals surface area contributed by atoms with E-state index in [9.17, 15) is 4.79 Å². The van der Waals surface area contributed by atoms with Gasteiger partial charge in [0, 0.05) is 5.92 Å². The van der Waals surface area contributed by atoms with Crippen LogP contribution >= 0.6 is 11.6 Å². The fourth-order valence-corrected chi connectivity index (χ4v) is 1.39. The van der Waals surface area contributed by atoms with Crippen molar-refractivity contribution in [3.8, 4) is 0 Å². The van der Waals surface area contributed by atoms with Gasteiger partial charge >= 0.3 is 5.97 Å². The number of rotatable bonds is 1. The Labute approximate surface area is 65.5 Å². The number of esters is 1. The third kappa shape index (κ3) is 1.12. The van der Waals surface area contributed by atoms with E-state index in [1.165, 1.54) is 0 Å². The lowest BCUT2D eigenvalue weighted by Crippen LogP contribution is -2.16. The Kier molecular flexibility index (Phi) is 2.19. The molecule has 1 rings (SSSR count). The lowest BCUT2D eigenvalue weighted by Gasteiger charge is -2.09. The number of carbonyl (C=O) groups excluding carboxylic acids is 1. The van der Waals surface area contributed by atoms with Gasteiger partial charge in [-0.3, -0.25) is 4.79 Å². The number of halogens is 1. The standard InChI is InChI=1S/C7H11ClO2/c1-3-5-4(2)6(8)7(9)10-5/h4-6H,3H2,1-2H3/t4-,5-,6+/m1/s1. The first-order valence-corrected chi connectivity index (χ1v) is 3.95. The van der Waals surface area contributed by atoms with Gasteiger partial charge in [0.1, 0.15) is 11.5 Å². The van der Waals surface area contributed by atoms with Crippen LogP contribution in [0.1, 0.15) is 20.3 Å². The number of hydrogen-bond donors (Lipinski definition) is 0. The molecule has 0 saturated carbocycles. The van der Waals surface area contributed by atoms with Gasteiger partial charge in [-0.15, -0.1) is 11.6 Å². The number of cyclic esters (lactones) is 1. The molecule has 58 valence electrons. The minimum atomic E-state index is -0.426.